The van der Waals surface area contributed by atoms with Crippen molar-refractivity contribution in [2.24, 2.45) is 0 Å². The molecule has 1 heterocycles. The fourth-order valence-electron chi connectivity index (χ4n) is 3.16. The molecule has 0 radical (unpaired) electrons. The van der Waals surface area contributed by atoms with Gasteiger partial charge in [-0.25, -0.2) is 0 Å². The molecule has 0 fully saturated rings. The number of nitrogens with zero attached hydrogens (tertiary/aromatic N) is 1. The fraction of sp³-hybridized carbons (Fsp3) is 0.0870. The van der Waals surface area contributed by atoms with Crippen LogP contribution in [0.4, 0.5) is 0 Å². The van der Waals surface area contributed by atoms with Crippen LogP contribution in [-0.2, 0) is 6.54 Å². The lowest BCUT2D eigenvalue weighted by atomic mass is 9.98. The summed E-state index contributed by atoms with van der Waals surface area (Å²) in [5.41, 5.74) is 8.75. The molecule has 0 aliphatic rings. The summed E-state index contributed by atoms with van der Waals surface area (Å²) in [5, 5.41) is 0. The maximum atomic E-state index is 2.34. The van der Waals surface area contributed by atoms with Crippen molar-refractivity contribution >= 4 is 11.3 Å². The van der Waals surface area contributed by atoms with Crippen molar-refractivity contribution < 1.29 is 4.57 Å². The quantitative estimate of drug-likeness (QED) is 0.417. The molecule has 4 aromatic rings. The molecule has 0 spiro atoms. The average molecular weight is 342 g/mol. The van der Waals surface area contributed by atoms with Crippen LogP contribution in [0.25, 0.3) is 21.6 Å². The van der Waals surface area contributed by atoms with Crippen LogP contribution in [0.15, 0.2) is 90.4 Å². The third-order valence-corrected chi connectivity index (χ3v) is 5.62. The first-order chi connectivity index (χ1) is 12.3. The molecule has 0 saturated heterocycles. The summed E-state index contributed by atoms with van der Waals surface area (Å²) < 4.78 is 2.34. The lowest BCUT2D eigenvalue weighted by Gasteiger charge is -2.08. The normalized spacial score (nSPS) is 10.8. The van der Waals surface area contributed by atoms with E-state index in [0.717, 1.165) is 6.54 Å². The van der Waals surface area contributed by atoms with E-state index >= 15 is 0 Å². The van der Waals surface area contributed by atoms with E-state index in [9.17, 15) is 0 Å². The Bertz CT molecular complexity index is 971. The molecule has 4 rings (SSSR count). The summed E-state index contributed by atoms with van der Waals surface area (Å²) in [6, 6.07) is 29.9. The Morgan fingerprint density at radius 2 is 1.32 bits per heavy atom. The van der Waals surface area contributed by atoms with Crippen LogP contribution in [0.3, 0.4) is 0 Å². The predicted octanol–water partition coefficient (Wildman–Crippen LogP) is 5.73. The zero-order valence-corrected chi connectivity index (χ0v) is 15.0. The van der Waals surface area contributed by atoms with Crippen molar-refractivity contribution in [1.82, 2.24) is 0 Å². The lowest BCUT2D eigenvalue weighted by Crippen LogP contribution is -2.34. The molecule has 2 heteroatoms. The van der Waals surface area contributed by atoms with Gasteiger partial charge in [-0.1, -0.05) is 96.3 Å². The van der Waals surface area contributed by atoms with Gasteiger partial charge in [-0.3, -0.25) is 0 Å². The summed E-state index contributed by atoms with van der Waals surface area (Å²) in [6.45, 7) is 3.13. The van der Waals surface area contributed by atoms with Gasteiger partial charge in [-0.05, 0) is 11.1 Å². The van der Waals surface area contributed by atoms with Gasteiger partial charge in [-0.2, -0.15) is 4.57 Å². The van der Waals surface area contributed by atoms with Crippen LogP contribution < -0.4 is 4.57 Å². The highest BCUT2D eigenvalue weighted by Gasteiger charge is 2.19. The van der Waals surface area contributed by atoms with Crippen LogP contribution in [0.5, 0.6) is 0 Å². The minimum Gasteiger partial charge on any atom is -0.188 e. The van der Waals surface area contributed by atoms with Crippen LogP contribution in [0.1, 0.15) is 11.3 Å². The predicted molar refractivity (Wildman–Crippen MR) is 106 cm³/mol. The molecule has 3 aromatic carbocycles. The molecule has 0 bridgehead atoms. The van der Waals surface area contributed by atoms with Gasteiger partial charge in [0.1, 0.15) is 4.88 Å². The number of rotatable bonds is 4. The minimum atomic E-state index is 0.913. The van der Waals surface area contributed by atoms with E-state index in [1.807, 2.05) is 11.3 Å². The van der Waals surface area contributed by atoms with E-state index in [2.05, 4.69) is 102 Å². The second kappa shape index (κ2) is 7.04. The molecule has 0 unspecified atom stereocenters. The van der Waals surface area contributed by atoms with E-state index in [4.69, 9.17) is 0 Å². The average Bonchev–Trinajstić information content (AvgIpc) is 3.04. The van der Waals surface area contributed by atoms with Crippen LogP contribution in [-0.4, -0.2) is 0 Å². The van der Waals surface area contributed by atoms with Crippen molar-refractivity contribution in [2.45, 2.75) is 13.5 Å². The molecule has 1 nitrogen and oxygen atoms in total. The second-order valence-corrected chi connectivity index (χ2v) is 7.02. The summed E-state index contributed by atoms with van der Waals surface area (Å²) in [6.07, 6.45) is 0. The molecule has 1 aromatic heterocycles. The summed E-state index contributed by atoms with van der Waals surface area (Å²) >= 11 is 1.82. The zero-order valence-electron chi connectivity index (χ0n) is 14.2. The number of hydrogen-bond donors (Lipinski definition) is 0. The molecule has 25 heavy (non-hydrogen) atoms. The fourth-order valence-corrected chi connectivity index (χ4v) is 4.21. The highest BCUT2D eigenvalue weighted by molar-refractivity contribution is 7.13. The molecular weight excluding hydrogens is 322 g/mol. The van der Waals surface area contributed by atoms with E-state index in [0.29, 0.717) is 0 Å². The Morgan fingerprint density at radius 3 is 2.04 bits per heavy atom. The van der Waals surface area contributed by atoms with E-state index in [1.165, 1.54) is 32.8 Å². The second-order valence-electron chi connectivity index (χ2n) is 6.16. The zero-order chi connectivity index (χ0) is 17.1. The van der Waals surface area contributed by atoms with Crippen molar-refractivity contribution in [3.05, 3.63) is 102 Å². The van der Waals surface area contributed by atoms with Gasteiger partial charge in [0.2, 0.25) is 5.51 Å². The Hall–Kier alpha value is -2.71. The number of hydrogen-bond acceptors (Lipinski definition) is 1. The molecule has 122 valence electrons. The number of benzene rings is 3. The van der Waals surface area contributed by atoms with Gasteiger partial charge >= 0.3 is 0 Å². The molecule has 0 amide bonds. The lowest BCUT2D eigenvalue weighted by molar-refractivity contribution is -0.689. The molecule has 0 atom stereocenters. The Balaban J connectivity index is 1.75. The van der Waals surface area contributed by atoms with E-state index in [1.54, 1.807) is 0 Å². The third-order valence-electron chi connectivity index (χ3n) is 4.51. The highest BCUT2D eigenvalue weighted by atomic mass is 32.1. The monoisotopic (exact) mass is 342 g/mol. The molecule has 0 N–H and O–H groups in total. The minimum absolute atomic E-state index is 0.913. The maximum absolute atomic E-state index is 2.34. The summed E-state index contributed by atoms with van der Waals surface area (Å²) in [7, 11) is 0. The SMILES string of the molecule is Cc1c(-c2ccccc2-c2ccccc2)sc[n+]1Cc1ccccc1. The smallest absolute Gasteiger partial charge is 0.188 e. The topological polar surface area (TPSA) is 3.88 Å². The van der Waals surface area contributed by atoms with Crippen molar-refractivity contribution in [3.8, 4) is 21.6 Å². The van der Waals surface area contributed by atoms with E-state index in [-0.39, 0.29) is 0 Å². The Morgan fingerprint density at radius 1 is 0.720 bits per heavy atom. The highest BCUT2D eigenvalue weighted by Crippen LogP contribution is 2.35. The Labute approximate surface area is 152 Å². The standard InChI is InChI=1S/C23H20NS/c1-18-23(25-17-24(18)16-19-10-4-2-5-11-19)22-15-9-8-14-21(22)20-12-6-3-7-13-20/h2-15,17H,16H2,1H3/q+1. The molecular formula is C23H20NS+. The first-order valence-electron chi connectivity index (χ1n) is 8.49. The van der Waals surface area contributed by atoms with Crippen molar-refractivity contribution in [2.75, 3.05) is 0 Å². The van der Waals surface area contributed by atoms with Gasteiger partial charge in [-0.15, -0.1) is 0 Å². The number of aromatic nitrogens is 1. The van der Waals surface area contributed by atoms with Gasteiger partial charge < -0.3 is 0 Å². The third kappa shape index (κ3) is 3.26. The van der Waals surface area contributed by atoms with Crippen LogP contribution in [0, 0.1) is 6.92 Å². The van der Waals surface area contributed by atoms with E-state index < -0.39 is 0 Å². The first-order valence-corrected chi connectivity index (χ1v) is 9.37. The van der Waals surface area contributed by atoms with Crippen molar-refractivity contribution in [1.29, 1.82) is 0 Å². The maximum Gasteiger partial charge on any atom is 0.225 e. The summed E-state index contributed by atoms with van der Waals surface area (Å²) in [4.78, 5) is 1.34. The Kier molecular flexibility index (Phi) is 4.45. The summed E-state index contributed by atoms with van der Waals surface area (Å²) in [5.74, 6) is 0. The van der Waals surface area contributed by atoms with Gasteiger partial charge in [0.05, 0.1) is 0 Å². The number of thiazole rings is 1. The first kappa shape index (κ1) is 15.8. The molecule has 0 saturated carbocycles. The molecule has 0 aliphatic heterocycles. The van der Waals surface area contributed by atoms with Crippen molar-refractivity contribution in [3.63, 3.8) is 0 Å². The van der Waals surface area contributed by atoms with Gasteiger partial charge in [0, 0.05) is 18.1 Å². The largest absolute Gasteiger partial charge is 0.225 e. The molecule has 0 aliphatic carbocycles. The van der Waals surface area contributed by atoms with Crippen LogP contribution >= 0.6 is 11.3 Å². The van der Waals surface area contributed by atoms with Gasteiger partial charge in [0.25, 0.3) is 0 Å². The van der Waals surface area contributed by atoms with Gasteiger partial charge in [0.15, 0.2) is 12.2 Å². The van der Waals surface area contributed by atoms with Crippen LogP contribution in [0.2, 0.25) is 0 Å².